The highest BCUT2D eigenvalue weighted by atomic mass is 35.5. The Hall–Kier alpha value is -0.770. The number of hydrogen-bond donors (Lipinski definition) is 2. The quantitative estimate of drug-likeness (QED) is 0.812. The van der Waals surface area contributed by atoms with Gasteiger partial charge >= 0.3 is 0 Å². The molecule has 2 N–H and O–H groups in total. The van der Waals surface area contributed by atoms with E-state index < -0.39 is 6.10 Å². The third kappa shape index (κ3) is 4.08. The van der Waals surface area contributed by atoms with Gasteiger partial charge in [-0.15, -0.1) is 0 Å². The molecule has 84 valence electrons. The minimum absolute atomic E-state index is 0.326. The molecule has 0 aromatic heterocycles. The number of nitrogens with one attached hydrogen (secondary N) is 1. The fraction of sp³-hybridized carbons (Fsp3) is 0.455. The van der Waals surface area contributed by atoms with Crippen LogP contribution in [0.5, 0.6) is 0 Å². The maximum atomic E-state index is 9.45. The molecule has 0 aliphatic rings. The Morgan fingerprint density at radius 2 is 2.27 bits per heavy atom. The van der Waals surface area contributed by atoms with E-state index in [-0.39, 0.29) is 0 Å². The van der Waals surface area contributed by atoms with E-state index in [4.69, 9.17) is 16.3 Å². The van der Waals surface area contributed by atoms with Crippen molar-refractivity contribution in [3.63, 3.8) is 0 Å². The first-order valence-corrected chi connectivity index (χ1v) is 5.18. The number of aryl methyl sites for hydroxylation is 1. The van der Waals surface area contributed by atoms with Crippen LogP contribution in [-0.4, -0.2) is 31.5 Å². The van der Waals surface area contributed by atoms with Gasteiger partial charge in [-0.1, -0.05) is 17.7 Å². The van der Waals surface area contributed by atoms with Gasteiger partial charge < -0.3 is 15.2 Å². The summed E-state index contributed by atoms with van der Waals surface area (Å²) in [6.45, 7) is 2.77. The first kappa shape index (κ1) is 12.3. The van der Waals surface area contributed by atoms with Crippen molar-refractivity contribution in [3.8, 4) is 0 Å². The van der Waals surface area contributed by atoms with Gasteiger partial charge in [-0.3, -0.25) is 0 Å². The molecule has 1 unspecified atom stereocenters. The smallest absolute Gasteiger partial charge is 0.0945 e. The average molecular weight is 230 g/mol. The largest absolute Gasteiger partial charge is 0.389 e. The summed E-state index contributed by atoms with van der Waals surface area (Å²) in [6.07, 6.45) is -0.506. The number of rotatable bonds is 5. The molecule has 0 bridgehead atoms. The van der Waals surface area contributed by atoms with Crippen LogP contribution in [0.2, 0.25) is 5.02 Å². The fourth-order valence-electron chi connectivity index (χ4n) is 1.26. The van der Waals surface area contributed by atoms with Crippen LogP contribution in [0, 0.1) is 6.92 Å². The summed E-state index contributed by atoms with van der Waals surface area (Å²) >= 11 is 5.87. The lowest BCUT2D eigenvalue weighted by molar-refractivity contribution is 0.0727. The van der Waals surface area contributed by atoms with Crippen molar-refractivity contribution >= 4 is 17.3 Å². The molecule has 0 saturated carbocycles. The van der Waals surface area contributed by atoms with Gasteiger partial charge in [0.2, 0.25) is 0 Å². The zero-order valence-electron chi connectivity index (χ0n) is 8.96. The van der Waals surface area contributed by atoms with Crippen molar-refractivity contribution in [2.24, 2.45) is 0 Å². The van der Waals surface area contributed by atoms with E-state index in [0.29, 0.717) is 18.2 Å². The van der Waals surface area contributed by atoms with Crippen LogP contribution in [0.4, 0.5) is 5.69 Å². The molecule has 0 aliphatic carbocycles. The first-order valence-electron chi connectivity index (χ1n) is 4.80. The van der Waals surface area contributed by atoms with Crippen LogP contribution in [-0.2, 0) is 4.74 Å². The molecule has 0 saturated heterocycles. The molecule has 15 heavy (non-hydrogen) atoms. The monoisotopic (exact) mass is 229 g/mol. The van der Waals surface area contributed by atoms with E-state index in [2.05, 4.69) is 5.32 Å². The Labute approximate surface area is 95.0 Å². The van der Waals surface area contributed by atoms with E-state index in [9.17, 15) is 5.11 Å². The van der Waals surface area contributed by atoms with Crippen molar-refractivity contribution in [2.75, 3.05) is 25.6 Å². The third-order valence-corrected chi connectivity index (χ3v) is 2.32. The number of hydrogen-bond acceptors (Lipinski definition) is 3. The van der Waals surface area contributed by atoms with Crippen LogP contribution in [0.1, 0.15) is 5.56 Å². The highest BCUT2D eigenvalue weighted by molar-refractivity contribution is 6.30. The van der Waals surface area contributed by atoms with Gasteiger partial charge in [-0.2, -0.15) is 0 Å². The standard InChI is InChI=1S/C11H16ClNO2/c1-8-3-4-9(12)5-11(8)13-6-10(14)7-15-2/h3-5,10,13-14H,6-7H2,1-2H3. The van der Waals surface area contributed by atoms with Crippen molar-refractivity contribution < 1.29 is 9.84 Å². The van der Waals surface area contributed by atoms with Crippen LogP contribution in [0.15, 0.2) is 18.2 Å². The number of benzene rings is 1. The van der Waals surface area contributed by atoms with Crippen molar-refractivity contribution in [2.45, 2.75) is 13.0 Å². The van der Waals surface area contributed by atoms with E-state index in [1.54, 1.807) is 7.11 Å². The molecule has 3 nitrogen and oxygen atoms in total. The summed E-state index contributed by atoms with van der Waals surface area (Å²) in [5, 5.41) is 13.3. The predicted molar refractivity (Wildman–Crippen MR) is 62.6 cm³/mol. The molecule has 0 aliphatic heterocycles. The lowest BCUT2D eigenvalue weighted by atomic mass is 10.2. The molecule has 0 fully saturated rings. The number of halogens is 1. The number of aliphatic hydroxyl groups excluding tert-OH is 1. The van der Waals surface area contributed by atoms with Crippen LogP contribution < -0.4 is 5.32 Å². The summed E-state index contributed by atoms with van der Waals surface area (Å²) in [7, 11) is 1.56. The van der Waals surface area contributed by atoms with Gasteiger partial charge in [0, 0.05) is 24.4 Å². The third-order valence-electron chi connectivity index (χ3n) is 2.09. The number of ether oxygens (including phenoxy) is 1. The van der Waals surface area contributed by atoms with Crippen molar-refractivity contribution in [3.05, 3.63) is 28.8 Å². The highest BCUT2D eigenvalue weighted by Crippen LogP contribution is 2.19. The molecular formula is C11H16ClNO2. The van der Waals surface area contributed by atoms with Crippen LogP contribution in [0.3, 0.4) is 0 Å². The number of methoxy groups -OCH3 is 1. The summed E-state index contributed by atoms with van der Waals surface area (Å²) in [4.78, 5) is 0. The van der Waals surface area contributed by atoms with Gasteiger partial charge in [0.15, 0.2) is 0 Å². The Bertz CT molecular complexity index is 317. The van der Waals surface area contributed by atoms with Crippen LogP contribution in [0.25, 0.3) is 0 Å². The predicted octanol–water partition coefficient (Wildman–Crippen LogP) is 2.07. The molecule has 1 atom stereocenters. The molecule has 1 aromatic carbocycles. The second-order valence-corrected chi connectivity index (χ2v) is 3.89. The van der Waals surface area contributed by atoms with Gasteiger partial charge in [0.1, 0.15) is 0 Å². The summed E-state index contributed by atoms with van der Waals surface area (Å²) in [6, 6.07) is 5.62. The Balaban J connectivity index is 2.53. The minimum Gasteiger partial charge on any atom is -0.389 e. The fourth-order valence-corrected chi connectivity index (χ4v) is 1.44. The SMILES string of the molecule is COCC(O)CNc1cc(Cl)ccc1C. The van der Waals surface area contributed by atoms with E-state index in [1.165, 1.54) is 0 Å². The van der Waals surface area contributed by atoms with E-state index >= 15 is 0 Å². The van der Waals surface area contributed by atoms with E-state index in [1.807, 2.05) is 25.1 Å². The summed E-state index contributed by atoms with van der Waals surface area (Å²) in [5.41, 5.74) is 2.04. The molecule has 0 heterocycles. The normalized spacial score (nSPS) is 12.5. The molecule has 4 heteroatoms. The molecule has 0 spiro atoms. The van der Waals surface area contributed by atoms with Gasteiger partial charge in [0.05, 0.1) is 12.7 Å². The Morgan fingerprint density at radius 3 is 2.93 bits per heavy atom. The molecule has 1 aromatic rings. The van der Waals surface area contributed by atoms with Gasteiger partial charge in [0.25, 0.3) is 0 Å². The zero-order valence-corrected chi connectivity index (χ0v) is 9.71. The Morgan fingerprint density at radius 1 is 1.53 bits per heavy atom. The second-order valence-electron chi connectivity index (χ2n) is 3.45. The average Bonchev–Trinajstić information content (AvgIpc) is 2.20. The zero-order chi connectivity index (χ0) is 11.3. The summed E-state index contributed by atoms with van der Waals surface area (Å²) in [5.74, 6) is 0. The number of anilines is 1. The minimum atomic E-state index is -0.506. The van der Waals surface area contributed by atoms with Crippen LogP contribution >= 0.6 is 11.6 Å². The molecule has 1 rings (SSSR count). The lowest BCUT2D eigenvalue weighted by Crippen LogP contribution is -2.24. The second kappa shape index (κ2) is 5.95. The molecule has 0 radical (unpaired) electrons. The summed E-state index contributed by atoms with van der Waals surface area (Å²) < 4.78 is 4.83. The van der Waals surface area contributed by atoms with Gasteiger partial charge in [-0.05, 0) is 24.6 Å². The van der Waals surface area contributed by atoms with E-state index in [0.717, 1.165) is 11.3 Å². The highest BCUT2D eigenvalue weighted by Gasteiger charge is 2.04. The molecule has 0 amide bonds. The molecular weight excluding hydrogens is 214 g/mol. The maximum absolute atomic E-state index is 9.45. The Kier molecular flexibility index (Phi) is 4.88. The lowest BCUT2D eigenvalue weighted by Gasteiger charge is -2.13. The van der Waals surface area contributed by atoms with Crippen molar-refractivity contribution in [1.82, 2.24) is 0 Å². The number of aliphatic hydroxyl groups is 1. The van der Waals surface area contributed by atoms with Gasteiger partial charge in [-0.25, -0.2) is 0 Å². The van der Waals surface area contributed by atoms with Crippen molar-refractivity contribution in [1.29, 1.82) is 0 Å². The maximum Gasteiger partial charge on any atom is 0.0945 e. The topological polar surface area (TPSA) is 41.5 Å². The first-order chi connectivity index (χ1) is 7.13.